The Hall–Kier alpha value is -1.59. The first-order chi connectivity index (χ1) is 10.8. The van der Waals surface area contributed by atoms with Gasteiger partial charge in [-0.25, -0.2) is 8.42 Å². The first-order valence-corrected chi connectivity index (χ1v) is 9.44. The van der Waals surface area contributed by atoms with Crippen molar-refractivity contribution in [1.29, 1.82) is 0 Å². The van der Waals surface area contributed by atoms with Gasteiger partial charge in [0, 0.05) is 25.0 Å². The van der Waals surface area contributed by atoms with E-state index in [2.05, 4.69) is 0 Å². The van der Waals surface area contributed by atoms with Crippen LogP contribution in [0.1, 0.15) is 35.2 Å². The Morgan fingerprint density at radius 1 is 1.17 bits per heavy atom. The lowest BCUT2D eigenvalue weighted by atomic mass is 10.1. The third-order valence-electron chi connectivity index (χ3n) is 4.49. The predicted molar refractivity (Wildman–Crippen MR) is 91.8 cm³/mol. The Morgan fingerprint density at radius 3 is 2.26 bits per heavy atom. The van der Waals surface area contributed by atoms with E-state index in [9.17, 15) is 8.42 Å². The van der Waals surface area contributed by atoms with Crippen molar-refractivity contribution in [2.45, 2.75) is 51.1 Å². The number of hydrogen-bond donors (Lipinski definition) is 0. The molecule has 1 heterocycles. The van der Waals surface area contributed by atoms with E-state index < -0.39 is 10.0 Å². The normalized spacial score (nSPS) is 15.3. The maximum absolute atomic E-state index is 13.3. The van der Waals surface area contributed by atoms with Crippen LogP contribution in [0.3, 0.4) is 0 Å². The molecular weight excluding hydrogens is 308 g/mol. The van der Waals surface area contributed by atoms with Crippen molar-refractivity contribution in [3.8, 4) is 0 Å². The highest BCUT2D eigenvalue weighted by Gasteiger charge is 2.39. The summed E-state index contributed by atoms with van der Waals surface area (Å²) in [6, 6.07) is 7.98. The highest BCUT2D eigenvalue weighted by atomic mass is 32.2. The molecule has 0 spiro atoms. The maximum atomic E-state index is 13.3. The van der Waals surface area contributed by atoms with Gasteiger partial charge in [-0.3, -0.25) is 0 Å². The summed E-state index contributed by atoms with van der Waals surface area (Å²) in [7, 11) is -1.53. The van der Waals surface area contributed by atoms with Gasteiger partial charge < -0.3 is 4.57 Å². The van der Waals surface area contributed by atoms with Crippen LogP contribution in [0.15, 0.2) is 35.4 Å². The van der Waals surface area contributed by atoms with Gasteiger partial charge in [0.25, 0.3) is 0 Å². The molecular formula is C18H24N2O2S. The van der Waals surface area contributed by atoms with E-state index in [-0.39, 0.29) is 6.04 Å². The Balaban J connectivity index is 2.04. The minimum Gasteiger partial charge on any atom is -0.353 e. The Kier molecular flexibility index (Phi) is 4.10. The third kappa shape index (κ3) is 3.08. The van der Waals surface area contributed by atoms with Gasteiger partial charge in [0.05, 0.1) is 11.4 Å². The molecule has 1 aliphatic rings. The van der Waals surface area contributed by atoms with Crippen molar-refractivity contribution in [3.63, 3.8) is 0 Å². The summed E-state index contributed by atoms with van der Waals surface area (Å²) in [5.74, 6) is 0. The van der Waals surface area contributed by atoms with Crippen LogP contribution in [-0.2, 0) is 23.6 Å². The fourth-order valence-electron chi connectivity index (χ4n) is 3.28. The maximum Gasteiger partial charge on any atom is 0.244 e. The molecule has 0 N–H and O–H groups in total. The minimum absolute atomic E-state index is 0.134. The molecule has 0 radical (unpaired) electrons. The quantitative estimate of drug-likeness (QED) is 0.843. The Morgan fingerprint density at radius 2 is 1.78 bits per heavy atom. The van der Waals surface area contributed by atoms with Crippen molar-refractivity contribution in [1.82, 2.24) is 8.87 Å². The van der Waals surface area contributed by atoms with Crippen molar-refractivity contribution in [3.05, 3.63) is 52.8 Å². The fourth-order valence-corrected chi connectivity index (χ4v) is 5.36. The third-order valence-corrected chi connectivity index (χ3v) is 6.70. The van der Waals surface area contributed by atoms with Gasteiger partial charge in [-0.1, -0.05) is 17.7 Å². The zero-order chi connectivity index (χ0) is 16.8. The monoisotopic (exact) mass is 332 g/mol. The summed E-state index contributed by atoms with van der Waals surface area (Å²) in [4.78, 5) is 0.476. The van der Waals surface area contributed by atoms with E-state index in [0.29, 0.717) is 11.4 Å². The number of benzene rings is 1. The number of nitrogens with zero attached hydrogens (tertiary/aromatic N) is 2. The Bertz CT molecular complexity index is 809. The standard InChI is InChI=1S/C18H24N2O2S/c1-13-10-14(2)18(15(3)11-13)23(21,22)20(16-7-8-16)12-17-6-5-9-19(17)4/h5-6,9-11,16H,7-8,12H2,1-4H3. The molecule has 2 aromatic rings. The summed E-state index contributed by atoms with van der Waals surface area (Å²) in [5.41, 5.74) is 3.78. The lowest BCUT2D eigenvalue weighted by Crippen LogP contribution is -2.34. The summed E-state index contributed by atoms with van der Waals surface area (Å²) >= 11 is 0. The smallest absolute Gasteiger partial charge is 0.244 e. The molecule has 0 amide bonds. The summed E-state index contributed by atoms with van der Waals surface area (Å²) in [5, 5.41) is 0. The minimum atomic E-state index is -3.49. The largest absolute Gasteiger partial charge is 0.353 e. The van der Waals surface area contributed by atoms with Gasteiger partial charge in [-0.15, -0.1) is 0 Å². The molecule has 1 aliphatic carbocycles. The summed E-state index contributed by atoms with van der Waals surface area (Å²) in [6.45, 7) is 6.21. The molecule has 1 aromatic heterocycles. The van der Waals surface area contributed by atoms with Crippen LogP contribution in [0, 0.1) is 20.8 Å². The second kappa shape index (κ2) is 5.80. The molecule has 124 valence electrons. The second-order valence-corrected chi connectivity index (χ2v) is 8.45. The van der Waals surface area contributed by atoms with E-state index in [4.69, 9.17) is 0 Å². The van der Waals surface area contributed by atoms with Crippen LogP contribution in [0.25, 0.3) is 0 Å². The fraction of sp³-hybridized carbons (Fsp3) is 0.444. The van der Waals surface area contributed by atoms with Gasteiger partial charge in [0.2, 0.25) is 10.0 Å². The van der Waals surface area contributed by atoms with Crippen molar-refractivity contribution < 1.29 is 8.42 Å². The second-order valence-electron chi connectivity index (χ2n) is 6.62. The number of aromatic nitrogens is 1. The van der Waals surface area contributed by atoms with Gasteiger partial charge in [0.1, 0.15) is 0 Å². The molecule has 3 rings (SSSR count). The SMILES string of the molecule is Cc1cc(C)c(S(=O)(=O)N(Cc2cccn2C)C2CC2)c(C)c1. The summed E-state index contributed by atoms with van der Waals surface area (Å²) in [6.07, 6.45) is 3.86. The first kappa shape index (κ1) is 16.3. The summed E-state index contributed by atoms with van der Waals surface area (Å²) < 4.78 is 30.3. The van der Waals surface area contributed by atoms with Crippen molar-refractivity contribution in [2.75, 3.05) is 0 Å². The van der Waals surface area contributed by atoms with E-state index >= 15 is 0 Å². The first-order valence-electron chi connectivity index (χ1n) is 8.00. The zero-order valence-corrected chi connectivity index (χ0v) is 15.0. The van der Waals surface area contributed by atoms with E-state index in [1.807, 2.05) is 62.8 Å². The number of aryl methyl sites for hydroxylation is 4. The number of hydrogen-bond acceptors (Lipinski definition) is 2. The highest BCUT2D eigenvalue weighted by Crippen LogP contribution is 2.35. The van der Waals surface area contributed by atoms with E-state index in [1.165, 1.54) is 0 Å². The van der Waals surface area contributed by atoms with Gasteiger partial charge in [-0.05, 0) is 56.9 Å². The van der Waals surface area contributed by atoms with Crippen LogP contribution < -0.4 is 0 Å². The van der Waals surface area contributed by atoms with Crippen LogP contribution in [0.4, 0.5) is 0 Å². The molecule has 0 bridgehead atoms. The lowest BCUT2D eigenvalue weighted by Gasteiger charge is -2.24. The topological polar surface area (TPSA) is 42.3 Å². The van der Waals surface area contributed by atoms with Crippen LogP contribution in [-0.4, -0.2) is 23.3 Å². The van der Waals surface area contributed by atoms with Gasteiger partial charge in [0.15, 0.2) is 0 Å². The molecule has 0 aliphatic heterocycles. The molecule has 0 saturated heterocycles. The van der Waals surface area contributed by atoms with E-state index in [0.717, 1.165) is 35.2 Å². The van der Waals surface area contributed by atoms with Crippen LogP contribution in [0.5, 0.6) is 0 Å². The lowest BCUT2D eigenvalue weighted by molar-refractivity contribution is 0.389. The van der Waals surface area contributed by atoms with Gasteiger partial charge >= 0.3 is 0 Å². The number of sulfonamides is 1. The Labute approximate surface area is 138 Å². The molecule has 1 fully saturated rings. The average Bonchev–Trinajstić information content (AvgIpc) is 3.17. The zero-order valence-electron chi connectivity index (χ0n) is 14.2. The van der Waals surface area contributed by atoms with Crippen LogP contribution in [0.2, 0.25) is 0 Å². The molecule has 5 heteroatoms. The molecule has 1 aromatic carbocycles. The van der Waals surface area contributed by atoms with E-state index in [1.54, 1.807) is 4.31 Å². The molecule has 0 atom stereocenters. The molecule has 4 nitrogen and oxygen atoms in total. The number of rotatable bonds is 5. The molecule has 0 unspecified atom stereocenters. The highest BCUT2D eigenvalue weighted by molar-refractivity contribution is 7.89. The predicted octanol–water partition coefficient (Wildman–Crippen LogP) is 3.30. The molecule has 23 heavy (non-hydrogen) atoms. The van der Waals surface area contributed by atoms with Crippen molar-refractivity contribution >= 4 is 10.0 Å². The average molecular weight is 332 g/mol. The van der Waals surface area contributed by atoms with Crippen molar-refractivity contribution in [2.24, 2.45) is 7.05 Å². The van der Waals surface area contributed by atoms with Crippen LogP contribution >= 0.6 is 0 Å². The van der Waals surface area contributed by atoms with Gasteiger partial charge in [-0.2, -0.15) is 4.31 Å². The molecule has 1 saturated carbocycles.